The molecule has 0 aromatic heterocycles. The second-order valence-electron chi connectivity index (χ2n) is 10.2. The minimum absolute atomic E-state index is 0.187. The first-order chi connectivity index (χ1) is 18.2. The molecule has 3 aliphatic rings. The van der Waals surface area contributed by atoms with Crippen LogP contribution in [0, 0.1) is 11.7 Å². The fraction of sp³-hybridized carbons (Fsp3) is 0.429. The molecule has 0 radical (unpaired) electrons. The normalized spacial score (nSPS) is 24.3. The van der Waals surface area contributed by atoms with Gasteiger partial charge in [0, 0.05) is 17.1 Å². The van der Waals surface area contributed by atoms with Gasteiger partial charge in [0.25, 0.3) is 5.91 Å². The molecule has 38 heavy (non-hydrogen) atoms. The molecule has 2 aliphatic carbocycles. The molecule has 0 bridgehead atoms. The summed E-state index contributed by atoms with van der Waals surface area (Å²) in [5.41, 5.74) is 1.33. The van der Waals surface area contributed by atoms with Gasteiger partial charge in [0.1, 0.15) is 17.9 Å². The zero-order valence-electron chi connectivity index (χ0n) is 21.0. The molecular formula is C28H29BrFN3O5. The number of nitrogens with one attached hydrogen (secondary N) is 1. The van der Waals surface area contributed by atoms with Crippen molar-refractivity contribution < 1.29 is 28.3 Å². The maximum atomic E-state index is 13.7. The van der Waals surface area contributed by atoms with E-state index < -0.39 is 24.0 Å². The summed E-state index contributed by atoms with van der Waals surface area (Å²) in [6.07, 6.45) is 3.39. The van der Waals surface area contributed by atoms with Crippen molar-refractivity contribution in [2.75, 3.05) is 13.7 Å². The maximum absolute atomic E-state index is 13.7. The Morgan fingerprint density at radius 3 is 2.53 bits per heavy atom. The van der Waals surface area contributed by atoms with E-state index in [-0.39, 0.29) is 36.2 Å². The quantitative estimate of drug-likeness (QED) is 0.407. The molecule has 200 valence electrons. The number of hydrogen-bond acceptors (Lipinski definition) is 5. The van der Waals surface area contributed by atoms with Crippen LogP contribution in [0.15, 0.2) is 46.9 Å². The average Bonchev–Trinajstić information content (AvgIpc) is 3.39. The van der Waals surface area contributed by atoms with E-state index in [2.05, 4.69) is 21.2 Å². The summed E-state index contributed by atoms with van der Waals surface area (Å²) in [5, 5.41) is 2.87. The topological polar surface area (TPSA) is 96.0 Å². The van der Waals surface area contributed by atoms with Crippen molar-refractivity contribution in [3.63, 3.8) is 0 Å². The van der Waals surface area contributed by atoms with Gasteiger partial charge in [-0.25, -0.2) is 9.18 Å². The highest BCUT2D eigenvalue weighted by Gasteiger charge is 2.55. The van der Waals surface area contributed by atoms with Crippen LogP contribution in [0.1, 0.15) is 48.8 Å². The van der Waals surface area contributed by atoms with Crippen LogP contribution >= 0.6 is 15.9 Å². The Morgan fingerprint density at radius 2 is 1.84 bits per heavy atom. The van der Waals surface area contributed by atoms with E-state index in [1.807, 2.05) is 18.2 Å². The number of rotatable bonds is 6. The summed E-state index contributed by atoms with van der Waals surface area (Å²) in [4.78, 5) is 55.0. The summed E-state index contributed by atoms with van der Waals surface area (Å²) in [7, 11) is 1.37. The fourth-order valence-electron chi connectivity index (χ4n) is 5.99. The van der Waals surface area contributed by atoms with E-state index >= 15 is 0 Å². The first-order valence-corrected chi connectivity index (χ1v) is 13.6. The predicted octanol–water partition coefficient (Wildman–Crippen LogP) is 4.04. The molecule has 2 aromatic rings. The number of hydrogen-bond donors (Lipinski definition) is 1. The number of halogens is 2. The van der Waals surface area contributed by atoms with Gasteiger partial charge in [0.2, 0.25) is 5.91 Å². The molecule has 1 unspecified atom stereocenters. The van der Waals surface area contributed by atoms with Crippen molar-refractivity contribution in [2.24, 2.45) is 5.92 Å². The Kier molecular flexibility index (Phi) is 7.26. The van der Waals surface area contributed by atoms with E-state index in [4.69, 9.17) is 4.74 Å². The van der Waals surface area contributed by atoms with E-state index in [9.17, 15) is 23.6 Å². The Hall–Kier alpha value is -3.27. The highest BCUT2D eigenvalue weighted by Crippen LogP contribution is 2.42. The lowest BCUT2D eigenvalue weighted by Crippen LogP contribution is -2.48. The number of benzene rings is 2. The molecule has 1 atom stereocenters. The van der Waals surface area contributed by atoms with Crippen molar-refractivity contribution in [3.05, 3.63) is 69.4 Å². The molecule has 2 aromatic carbocycles. The van der Waals surface area contributed by atoms with Gasteiger partial charge in [-0.15, -0.1) is 0 Å². The number of methoxy groups -OCH3 is 1. The first-order valence-electron chi connectivity index (χ1n) is 12.8. The van der Waals surface area contributed by atoms with E-state index in [0.29, 0.717) is 38.5 Å². The molecule has 1 saturated heterocycles. The van der Waals surface area contributed by atoms with Gasteiger partial charge in [-0.2, -0.15) is 0 Å². The van der Waals surface area contributed by atoms with Crippen LogP contribution in [0.5, 0.6) is 0 Å². The Morgan fingerprint density at radius 1 is 1.13 bits per heavy atom. The number of nitrogens with zero attached hydrogens (tertiary/aromatic N) is 2. The Balaban J connectivity index is 1.35. The number of urea groups is 1. The molecule has 10 heteroatoms. The van der Waals surface area contributed by atoms with Crippen molar-refractivity contribution in [2.45, 2.75) is 56.7 Å². The van der Waals surface area contributed by atoms with Crippen molar-refractivity contribution in [3.8, 4) is 0 Å². The average molecular weight is 586 g/mol. The van der Waals surface area contributed by atoms with Gasteiger partial charge >= 0.3 is 12.0 Å². The second-order valence-corrected chi connectivity index (χ2v) is 11.1. The number of carbonyl (C=O) groups excluding carboxylic acids is 4. The molecule has 5 rings (SSSR count). The molecule has 1 aliphatic heterocycles. The zero-order chi connectivity index (χ0) is 27.0. The number of esters is 1. The fourth-order valence-corrected chi connectivity index (χ4v) is 6.40. The van der Waals surface area contributed by atoms with E-state index in [1.54, 1.807) is 17.0 Å². The highest BCUT2D eigenvalue weighted by molar-refractivity contribution is 9.10. The van der Waals surface area contributed by atoms with E-state index in [1.165, 1.54) is 19.2 Å². The van der Waals surface area contributed by atoms with Crippen LogP contribution < -0.4 is 5.32 Å². The molecule has 1 heterocycles. The van der Waals surface area contributed by atoms with Crippen LogP contribution in [0.3, 0.4) is 0 Å². The van der Waals surface area contributed by atoms with Crippen LogP contribution in [-0.4, -0.2) is 53.3 Å². The smallest absolute Gasteiger partial charge is 0.325 e. The van der Waals surface area contributed by atoms with Crippen LogP contribution in [0.25, 0.3) is 0 Å². The Bertz CT molecular complexity index is 1280. The third kappa shape index (κ3) is 4.81. The predicted molar refractivity (Wildman–Crippen MR) is 139 cm³/mol. The minimum Gasteiger partial charge on any atom is -0.469 e. The zero-order valence-corrected chi connectivity index (χ0v) is 22.6. The molecule has 1 N–H and O–H groups in total. The lowest BCUT2D eigenvalue weighted by Gasteiger charge is -2.37. The molecule has 4 amide bonds. The molecule has 8 nitrogen and oxygen atoms in total. The van der Waals surface area contributed by atoms with Crippen molar-refractivity contribution >= 4 is 39.7 Å². The first kappa shape index (κ1) is 26.3. The minimum atomic E-state index is -1.16. The van der Waals surface area contributed by atoms with E-state index in [0.717, 1.165) is 26.1 Å². The summed E-state index contributed by atoms with van der Waals surface area (Å²) in [6.45, 7) is -0.186. The third-order valence-corrected chi connectivity index (χ3v) is 8.52. The van der Waals surface area contributed by atoms with Gasteiger partial charge in [-0.1, -0.05) is 34.1 Å². The molecule has 2 fully saturated rings. The summed E-state index contributed by atoms with van der Waals surface area (Å²) < 4.78 is 19.3. The van der Waals surface area contributed by atoms with Gasteiger partial charge in [-0.3, -0.25) is 19.3 Å². The van der Waals surface area contributed by atoms with Crippen molar-refractivity contribution in [1.29, 1.82) is 0 Å². The van der Waals surface area contributed by atoms with Crippen molar-refractivity contribution in [1.82, 2.24) is 15.1 Å². The highest BCUT2D eigenvalue weighted by atomic mass is 79.9. The number of imide groups is 1. The van der Waals surface area contributed by atoms with Gasteiger partial charge < -0.3 is 15.0 Å². The third-order valence-electron chi connectivity index (χ3n) is 8.02. The SMILES string of the molecule is COC(=O)C1CCC(N(Cc2ccc(F)cc2)C(=O)CN2C(=O)NC3(CCc4cc(Br)ccc43)C2=O)CC1. The number of aryl methyl sites for hydroxylation is 1. The molecular weight excluding hydrogens is 557 g/mol. The summed E-state index contributed by atoms with van der Waals surface area (Å²) in [6, 6.07) is 10.8. The number of fused-ring (bicyclic) bond motifs is 2. The summed E-state index contributed by atoms with van der Waals surface area (Å²) >= 11 is 3.45. The van der Waals surface area contributed by atoms with Gasteiger partial charge in [0.05, 0.1) is 13.0 Å². The lowest BCUT2D eigenvalue weighted by molar-refractivity contribution is -0.147. The van der Waals surface area contributed by atoms with Crippen LogP contribution in [0.2, 0.25) is 0 Å². The monoisotopic (exact) mass is 585 g/mol. The largest absolute Gasteiger partial charge is 0.469 e. The van der Waals surface area contributed by atoms with Gasteiger partial charge in [0.15, 0.2) is 0 Å². The van der Waals surface area contributed by atoms with Crippen LogP contribution in [-0.2, 0) is 37.6 Å². The Labute approximate surface area is 228 Å². The number of ether oxygens (including phenoxy) is 1. The number of amides is 4. The lowest BCUT2D eigenvalue weighted by atomic mass is 9.85. The number of carbonyl (C=O) groups is 4. The van der Waals surface area contributed by atoms with Gasteiger partial charge in [-0.05, 0) is 79.5 Å². The second kappa shape index (κ2) is 10.5. The summed E-state index contributed by atoms with van der Waals surface area (Å²) in [5.74, 6) is -1.64. The molecule has 1 saturated carbocycles. The standard InChI is InChI=1S/C28H29BrFN3O5/c1-38-25(35)18-4-9-22(10-5-18)32(15-17-2-7-21(30)8-3-17)24(34)16-33-26(36)28(31-27(33)37)13-12-19-14-20(29)6-11-23(19)28/h2-3,6-8,11,14,18,22H,4-5,9-10,12-13,15-16H2,1H3,(H,31,37). The molecule has 1 spiro atoms. The van der Waals surface area contributed by atoms with Crippen LogP contribution in [0.4, 0.5) is 9.18 Å². The maximum Gasteiger partial charge on any atom is 0.325 e.